The number of aryl methyl sites for hydroxylation is 2. The summed E-state index contributed by atoms with van der Waals surface area (Å²) in [7, 11) is -3.74. The Morgan fingerprint density at radius 2 is 1.42 bits per heavy atom. The summed E-state index contributed by atoms with van der Waals surface area (Å²) in [6.07, 6.45) is 1.50. The minimum atomic E-state index is -3.74. The monoisotopic (exact) mass is 377 g/mol. The van der Waals surface area contributed by atoms with E-state index in [2.05, 4.69) is 4.72 Å². The number of hydrogen-bond donors (Lipinski definition) is 1. The van der Waals surface area contributed by atoms with E-state index in [1.165, 1.54) is 12.1 Å². The lowest BCUT2D eigenvalue weighted by Crippen LogP contribution is -2.16. The zero-order valence-corrected chi connectivity index (χ0v) is 16.7. The summed E-state index contributed by atoms with van der Waals surface area (Å²) >= 11 is 0. The largest absolute Gasteiger partial charge is 0.490 e. The van der Waals surface area contributed by atoms with E-state index in [0.717, 1.165) is 24.0 Å². The van der Waals surface area contributed by atoms with Crippen LogP contribution >= 0.6 is 0 Å². The molecule has 0 radical (unpaired) electrons. The second kappa shape index (κ2) is 8.94. The fourth-order valence-corrected chi connectivity index (χ4v) is 3.92. The first-order valence-electron chi connectivity index (χ1n) is 8.99. The molecule has 0 aromatic heterocycles. The molecule has 142 valence electrons. The van der Waals surface area contributed by atoms with Crippen LogP contribution in [0.5, 0.6) is 11.5 Å². The van der Waals surface area contributed by atoms with Crippen molar-refractivity contribution in [2.75, 3.05) is 17.9 Å². The highest BCUT2D eigenvalue weighted by Crippen LogP contribution is 2.32. The summed E-state index contributed by atoms with van der Waals surface area (Å²) in [5, 5.41) is 0. The van der Waals surface area contributed by atoms with Crippen LogP contribution in [0.1, 0.15) is 38.8 Å². The molecule has 0 fully saturated rings. The van der Waals surface area contributed by atoms with E-state index in [9.17, 15) is 8.42 Å². The molecule has 5 nitrogen and oxygen atoms in total. The van der Waals surface area contributed by atoms with Crippen LogP contribution in [0.25, 0.3) is 0 Å². The zero-order valence-electron chi connectivity index (χ0n) is 15.8. The van der Waals surface area contributed by atoms with E-state index in [4.69, 9.17) is 9.47 Å². The van der Waals surface area contributed by atoms with Crippen molar-refractivity contribution in [1.29, 1.82) is 0 Å². The van der Waals surface area contributed by atoms with Crippen LogP contribution in [0.15, 0.2) is 41.3 Å². The van der Waals surface area contributed by atoms with Gasteiger partial charge in [-0.15, -0.1) is 0 Å². The molecule has 0 saturated carbocycles. The Morgan fingerprint density at radius 1 is 0.846 bits per heavy atom. The van der Waals surface area contributed by atoms with E-state index in [1.807, 2.05) is 45.9 Å². The van der Waals surface area contributed by atoms with Crippen molar-refractivity contribution in [3.63, 3.8) is 0 Å². The van der Waals surface area contributed by atoms with Crippen molar-refractivity contribution < 1.29 is 17.9 Å². The molecule has 26 heavy (non-hydrogen) atoms. The minimum absolute atomic E-state index is 0.150. The maximum atomic E-state index is 13.0. The number of hydrogen-bond acceptors (Lipinski definition) is 4. The van der Waals surface area contributed by atoms with Crippen LogP contribution in [0.3, 0.4) is 0 Å². The van der Waals surface area contributed by atoms with Gasteiger partial charge in [-0.1, -0.05) is 32.0 Å². The van der Waals surface area contributed by atoms with Gasteiger partial charge in [-0.05, 0) is 49.9 Å². The maximum absolute atomic E-state index is 13.0. The summed E-state index contributed by atoms with van der Waals surface area (Å²) in [5.41, 5.74) is 2.62. The van der Waals surface area contributed by atoms with Crippen LogP contribution in [0.2, 0.25) is 0 Å². The Hall–Kier alpha value is -2.21. The van der Waals surface area contributed by atoms with Gasteiger partial charge in [0, 0.05) is 6.07 Å². The van der Waals surface area contributed by atoms with Crippen molar-refractivity contribution >= 4 is 15.7 Å². The van der Waals surface area contributed by atoms with Gasteiger partial charge < -0.3 is 9.47 Å². The van der Waals surface area contributed by atoms with Gasteiger partial charge in [-0.3, -0.25) is 4.72 Å². The smallest absolute Gasteiger partial charge is 0.262 e. The molecule has 2 aromatic carbocycles. The third kappa shape index (κ3) is 4.49. The second-order valence-electron chi connectivity index (χ2n) is 5.74. The Kier molecular flexibility index (Phi) is 6.91. The molecular weight excluding hydrogens is 350 g/mol. The topological polar surface area (TPSA) is 64.6 Å². The zero-order chi connectivity index (χ0) is 19.2. The van der Waals surface area contributed by atoms with Crippen LogP contribution in [-0.2, 0) is 22.9 Å². The third-order valence-electron chi connectivity index (χ3n) is 4.06. The molecule has 0 heterocycles. The number of sulfonamides is 1. The fraction of sp³-hybridized carbons (Fsp3) is 0.400. The molecule has 0 aliphatic carbocycles. The first-order valence-corrected chi connectivity index (χ1v) is 10.5. The van der Waals surface area contributed by atoms with Gasteiger partial charge in [-0.25, -0.2) is 8.42 Å². The number of anilines is 1. The standard InChI is InChI=1S/C20H27NO4S/c1-5-15-10-9-11-16(6-2)20(15)21-26(22,23)17-12-13-18(24-7-3)19(14-17)25-8-4/h9-14,21H,5-8H2,1-4H3. The van der Waals surface area contributed by atoms with Gasteiger partial charge >= 0.3 is 0 Å². The summed E-state index contributed by atoms with van der Waals surface area (Å²) in [6, 6.07) is 10.5. The molecule has 0 amide bonds. The van der Waals surface area contributed by atoms with Crippen molar-refractivity contribution in [2.24, 2.45) is 0 Å². The molecule has 2 aromatic rings. The summed E-state index contributed by atoms with van der Waals surface area (Å²) in [6.45, 7) is 8.65. The summed E-state index contributed by atoms with van der Waals surface area (Å²) < 4.78 is 39.7. The molecule has 0 saturated heterocycles. The first kappa shape index (κ1) is 20.1. The van der Waals surface area contributed by atoms with E-state index < -0.39 is 10.0 Å². The van der Waals surface area contributed by atoms with E-state index in [1.54, 1.807) is 6.07 Å². The van der Waals surface area contributed by atoms with Crippen molar-refractivity contribution in [2.45, 2.75) is 45.4 Å². The molecule has 6 heteroatoms. The quantitative estimate of drug-likeness (QED) is 0.703. The maximum Gasteiger partial charge on any atom is 0.262 e. The molecule has 0 aliphatic heterocycles. The molecule has 2 rings (SSSR count). The number of rotatable bonds is 9. The Morgan fingerprint density at radius 3 is 1.96 bits per heavy atom. The molecular formula is C20H27NO4S. The summed E-state index contributed by atoms with van der Waals surface area (Å²) in [4.78, 5) is 0.150. The van der Waals surface area contributed by atoms with Gasteiger partial charge in [0.1, 0.15) is 0 Å². The van der Waals surface area contributed by atoms with E-state index in [0.29, 0.717) is 30.4 Å². The van der Waals surface area contributed by atoms with Crippen molar-refractivity contribution in [3.8, 4) is 11.5 Å². The highest BCUT2D eigenvalue weighted by molar-refractivity contribution is 7.92. The fourth-order valence-electron chi connectivity index (χ4n) is 2.77. The van der Waals surface area contributed by atoms with Gasteiger partial charge in [0.2, 0.25) is 0 Å². The number of nitrogens with one attached hydrogen (secondary N) is 1. The third-order valence-corrected chi connectivity index (χ3v) is 5.41. The molecule has 0 bridgehead atoms. The van der Waals surface area contributed by atoms with Crippen LogP contribution in [0.4, 0.5) is 5.69 Å². The lowest BCUT2D eigenvalue weighted by Gasteiger charge is -2.17. The molecule has 0 aliphatic rings. The lowest BCUT2D eigenvalue weighted by atomic mass is 10.0. The predicted molar refractivity (Wildman–Crippen MR) is 105 cm³/mol. The Balaban J connectivity index is 2.44. The molecule has 0 atom stereocenters. The predicted octanol–water partition coefficient (Wildman–Crippen LogP) is 4.41. The molecule has 0 spiro atoms. The normalized spacial score (nSPS) is 11.2. The minimum Gasteiger partial charge on any atom is -0.490 e. The highest BCUT2D eigenvalue weighted by Gasteiger charge is 2.20. The lowest BCUT2D eigenvalue weighted by molar-refractivity contribution is 0.287. The van der Waals surface area contributed by atoms with Crippen molar-refractivity contribution in [1.82, 2.24) is 0 Å². The van der Waals surface area contributed by atoms with E-state index >= 15 is 0 Å². The Labute approximate surface area is 156 Å². The average Bonchev–Trinajstić information content (AvgIpc) is 2.63. The number of benzene rings is 2. The number of ether oxygens (including phenoxy) is 2. The highest BCUT2D eigenvalue weighted by atomic mass is 32.2. The van der Waals surface area contributed by atoms with Gasteiger partial charge in [0.15, 0.2) is 11.5 Å². The van der Waals surface area contributed by atoms with Gasteiger partial charge in [0.25, 0.3) is 10.0 Å². The Bertz CT molecular complexity index is 825. The van der Waals surface area contributed by atoms with Gasteiger partial charge in [0.05, 0.1) is 23.8 Å². The average molecular weight is 378 g/mol. The van der Waals surface area contributed by atoms with Crippen LogP contribution < -0.4 is 14.2 Å². The first-order chi connectivity index (χ1) is 12.5. The molecule has 1 N–H and O–H groups in total. The van der Waals surface area contributed by atoms with E-state index in [-0.39, 0.29) is 4.90 Å². The number of para-hydroxylation sites is 1. The van der Waals surface area contributed by atoms with Crippen LogP contribution in [0, 0.1) is 0 Å². The van der Waals surface area contributed by atoms with Crippen LogP contribution in [-0.4, -0.2) is 21.6 Å². The second-order valence-corrected chi connectivity index (χ2v) is 7.42. The van der Waals surface area contributed by atoms with Crippen molar-refractivity contribution in [3.05, 3.63) is 47.5 Å². The molecule has 0 unspecified atom stereocenters. The van der Waals surface area contributed by atoms with Gasteiger partial charge in [-0.2, -0.15) is 0 Å². The summed E-state index contributed by atoms with van der Waals surface area (Å²) in [5.74, 6) is 0.966. The SMILES string of the molecule is CCOc1ccc(S(=O)(=O)Nc2c(CC)cccc2CC)cc1OCC.